The Morgan fingerprint density at radius 1 is 1.35 bits per heavy atom. The summed E-state index contributed by atoms with van der Waals surface area (Å²) in [5, 5.41) is 13.6. The van der Waals surface area contributed by atoms with Gasteiger partial charge in [0.25, 0.3) is 0 Å². The van der Waals surface area contributed by atoms with Gasteiger partial charge in [-0.25, -0.2) is 9.59 Å². The van der Waals surface area contributed by atoms with Crippen LogP contribution in [0.25, 0.3) is 0 Å². The second-order valence-electron chi connectivity index (χ2n) is 4.17. The van der Waals surface area contributed by atoms with Crippen molar-refractivity contribution in [3.05, 3.63) is 0 Å². The summed E-state index contributed by atoms with van der Waals surface area (Å²) in [7, 11) is 0. The highest BCUT2D eigenvalue weighted by Gasteiger charge is 2.16. The van der Waals surface area contributed by atoms with Crippen molar-refractivity contribution in [2.75, 3.05) is 19.8 Å². The molecule has 3 N–H and O–H groups in total. The van der Waals surface area contributed by atoms with Crippen LogP contribution in [0.1, 0.15) is 27.2 Å². The van der Waals surface area contributed by atoms with Crippen LogP contribution in [0.15, 0.2) is 0 Å². The molecule has 100 valence electrons. The van der Waals surface area contributed by atoms with Crippen LogP contribution in [0.2, 0.25) is 0 Å². The number of carbonyl (C=O) groups excluding carboxylic acids is 1. The maximum absolute atomic E-state index is 11.3. The second kappa shape index (κ2) is 8.81. The van der Waals surface area contributed by atoms with Gasteiger partial charge in [-0.1, -0.05) is 20.8 Å². The van der Waals surface area contributed by atoms with Crippen molar-refractivity contribution in [2.24, 2.45) is 5.92 Å². The highest BCUT2D eigenvalue weighted by molar-refractivity contribution is 5.82. The van der Waals surface area contributed by atoms with E-state index >= 15 is 0 Å². The summed E-state index contributed by atoms with van der Waals surface area (Å²) in [5.41, 5.74) is 0. The van der Waals surface area contributed by atoms with Gasteiger partial charge in [-0.2, -0.15) is 0 Å². The molecule has 0 aliphatic carbocycles. The van der Waals surface area contributed by atoms with Crippen molar-refractivity contribution in [3.8, 4) is 0 Å². The van der Waals surface area contributed by atoms with E-state index in [0.717, 1.165) is 0 Å². The first-order valence-corrected chi connectivity index (χ1v) is 5.82. The highest BCUT2D eigenvalue weighted by Crippen LogP contribution is 1.92. The van der Waals surface area contributed by atoms with Crippen molar-refractivity contribution in [2.45, 2.75) is 33.2 Å². The standard InChI is InChI=1S/C11H22N2O4/c1-4-9(10(14)15)13-11(16)12-5-6-17-7-8(2)3/h8-9H,4-7H2,1-3H3,(H,14,15)(H2,12,13,16)/t9-/m0/s1. The van der Waals surface area contributed by atoms with Gasteiger partial charge in [0.05, 0.1) is 6.61 Å². The van der Waals surface area contributed by atoms with Gasteiger partial charge in [0.15, 0.2) is 0 Å². The molecule has 2 amide bonds. The molecule has 0 spiro atoms. The molecular formula is C11H22N2O4. The SMILES string of the molecule is CC[C@H](NC(=O)NCCOCC(C)C)C(=O)O. The maximum atomic E-state index is 11.3. The number of ether oxygens (including phenoxy) is 1. The fraction of sp³-hybridized carbons (Fsp3) is 0.818. The Kier molecular flexibility index (Phi) is 8.13. The average Bonchev–Trinajstić information content (AvgIpc) is 2.24. The molecule has 0 heterocycles. The minimum Gasteiger partial charge on any atom is -0.480 e. The summed E-state index contributed by atoms with van der Waals surface area (Å²) in [5.74, 6) is -0.570. The number of rotatable bonds is 8. The number of hydrogen-bond donors (Lipinski definition) is 3. The summed E-state index contributed by atoms with van der Waals surface area (Å²) in [6.45, 7) is 7.22. The topological polar surface area (TPSA) is 87.7 Å². The Balaban J connectivity index is 3.62. The Morgan fingerprint density at radius 3 is 2.47 bits per heavy atom. The minimum atomic E-state index is -1.03. The molecule has 0 aromatic carbocycles. The van der Waals surface area contributed by atoms with E-state index in [1.807, 2.05) is 13.8 Å². The number of carboxylic acid groups (broad SMARTS) is 1. The molecule has 0 bridgehead atoms. The van der Waals surface area contributed by atoms with Gasteiger partial charge in [0.2, 0.25) is 0 Å². The third-order valence-electron chi connectivity index (χ3n) is 1.99. The lowest BCUT2D eigenvalue weighted by Crippen LogP contribution is -2.46. The van der Waals surface area contributed by atoms with Crippen LogP contribution in [0.4, 0.5) is 4.79 Å². The predicted molar refractivity (Wildman–Crippen MR) is 63.9 cm³/mol. The van der Waals surface area contributed by atoms with Crippen molar-refractivity contribution in [1.29, 1.82) is 0 Å². The Labute approximate surface area is 102 Å². The number of aliphatic carboxylic acids is 1. The van der Waals surface area contributed by atoms with E-state index in [-0.39, 0.29) is 0 Å². The van der Waals surface area contributed by atoms with Gasteiger partial charge in [-0.05, 0) is 12.3 Å². The largest absolute Gasteiger partial charge is 0.480 e. The molecule has 0 radical (unpaired) electrons. The Morgan fingerprint density at radius 2 is 2.00 bits per heavy atom. The van der Waals surface area contributed by atoms with E-state index in [2.05, 4.69) is 10.6 Å². The zero-order valence-electron chi connectivity index (χ0n) is 10.7. The van der Waals surface area contributed by atoms with Crippen molar-refractivity contribution in [3.63, 3.8) is 0 Å². The number of nitrogens with one attached hydrogen (secondary N) is 2. The molecule has 0 rings (SSSR count). The molecule has 17 heavy (non-hydrogen) atoms. The fourth-order valence-electron chi connectivity index (χ4n) is 1.10. The molecule has 6 heteroatoms. The lowest BCUT2D eigenvalue weighted by atomic mass is 10.2. The molecule has 0 aromatic heterocycles. The maximum Gasteiger partial charge on any atom is 0.326 e. The van der Waals surface area contributed by atoms with Gasteiger partial charge in [-0.15, -0.1) is 0 Å². The van der Waals surface area contributed by atoms with Crippen LogP contribution in [-0.4, -0.2) is 42.9 Å². The van der Waals surface area contributed by atoms with Crippen LogP contribution in [0, 0.1) is 5.92 Å². The van der Waals surface area contributed by atoms with Gasteiger partial charge in [0, 0.05) is 13.2 Å². The minimum absolute atomic E-state index is 0.354. The zero-order chi connectivity index (χ0) is 13.3. The van der Waals surface area contributed by atoms with Gasteiger partial charge < -0.3 is 20.5 Å². The second-order valence-corrected chi connectivity index (χ2v) is 4.17. The number of carbonyl (C=O) groups is 2. The summed E-state index contributed by atoms with van der Waals surface area (Å²) in [6.07, 6.45) is 0.354. The average molecular weight is 246 g/mol. The molecule has 0 aromatic rings. The first-order valence-electron chi connectivity index (χ1n) is 5.82. The van der Waals surface area contributed by atoms with Crippen LogP contribution >= 0.6 is 0 Å². The summed E-state index contributed by atoms with van der Waals surface area (Å²) >= 11 is 0. The summed E-state index contributed by atoms with van der Waals surface area (Å²) < 4.78 is 5.27. The normalized spacial score (nSPS) is 12.2. The van der Waals surface area contributed by atoms with E-state index in [1.54, 1.807) is 6.92 Å². The lowest BCUT2D eigenvalue weighted by Gasteiger charge is -2.13. The number of hydrogen-bond acceptors (Lipinski definition) is 3. The van der Waals surface area contributed by atoms with Crippen LogP contribution < -0.4 is 10.6 Å². The molecule has 0 fully saturated rings. The van der Waals surface area contributed by atoms with E-state index < -0.39 is 18.0 Å². The van der Waals surface area contributed by atoms with Crippen LogP contribution in [0.5, 0.6) is 0 Å². The molecule has 0 saturated carbocycles. The fourth-order valence-corrected chi connectivity index (χ4v) is 1.10. The van der Waals surface area contributed by atoms with Crippen LogP contribution in [0.3, 0.4) is 0 Å². The smallest absolute Gasteiger partial charge is 0.326 e. The van der Waals surface area contributed by atoms with E-state index in [4.69, 9.17) is 9.84 Å². The van der Waals surface area contributed by atoms with E-state index in [1.165, 1.54) is 0 Å². The first-order chi connectivity index (χ1) is 7.97. The Bertz CT molecular complexity index is 244. The monoisotopic (exact) mass is 246 g/mol. The predicted octanol–water partition coefficient (Wildman–Crippen LogP) is 0.821. The van der Waals surface area contributed by atoms with Crippen molar-refractivity contribution in [1.82, 2.24) is 10.6 Å². The van der Waals surface area contributed by atoms with Crippen molar-refractivity contribution >= 4 is 12.0 Å². The van der Waals surface area contributed by atoms with Crippen LogP contribution in [-0.2, 0) is 9.53 Å². The molecule has 0 unspecified atom stereocenters. The zero-order valence-corrected chi connectivity index (χ0v) is 10.7. The molecule has 1 atom stereocenters. The van der Waals surface area contributed by atoms with Crippen molar-refractivity contribution < 1.29 is 19.4 Å². The molecule has 0 saturated heterocycles. The van der Waals surface area contributed by atoms with Gasteiger partial charge in [0.1, 0.15) is 6.04 Å². The number of amides is 2. The third kappa shape index (κ3) is 8.50. The highest BCUT2D eigenvalue weighted by atomic mass is 16.5. The van der Waals surface area contributed by atoms with E-state index in [0.29, 0.717) is 32.1 Å². The van der Waals surface area contributed by atoms with Gasteiger partial charge >= 0.3 is 12.0 Å². The molecule has 0 aliphatic heterocycles. The molecule has 6 nitrogen and oxygen atoms in total. The number of urea groups is 1. The number of carboxylic acids is 1. The summed E-state index contributed by atoms with van der Waals surface area (Å²) in [4.78, 5) is 21.9. The lowest BCUT2D eigenvalue weighted by molar-refractivity contribution is -0.139. The first kappa shape index (κ1) is 15.7. The molecular weight excluding hydrogens is 224 g/mol. The van der Waals surface area contributed by atoms with Gasteiger partial charge in [-0.3, -0.25) is 0 Å². The third-order valence-corrected chi connectivity index (χ3v) is 1.99. The summed E-state index contributed by atoms with van der Waals surface area (Å²) in [6, 6.07) is -1.32. The quantitative estimate of drug-likeness (QED) is 0.553. The Hall–Kier alpha value is -1.30. The van der Waals surface area contributed by atoms with E-state index in [9.17, 15) is 9.59 Å². The molecule has 0 aliphatic rings.